The molecule has 1 aromatic heterocycles. The zero-order valence-corrected chi connectivity index (χ0v) is 10.1. The summed E-state index contributed by atoms with van der Waals surface area (Å²) in [5.74, 6) is 0.798. The Bertz CT molecular complexity index is 406. The Morgan fingerprint density at radius 1 is 1.53 bits per heavy atom. The largest absolute Gasteiger partial charge is 0.409 e. The third-order valence-electron chi connectivity index (χ3n) is 2.39. The van der Waals surface area contributed by atoms with Gasteiger partial charge in [-0.15, -0.1) is 0 Å². The summed E-state index contributed by atoms with van der Waals surface area (Å²) in [5.41, 5.74) is 6.97. The molecular weight excluding hydrogens is 220 g/mol. The van der Waals surface area contributed by atoms with Crippen molar-refractivity contribution in [2.75, 3.05) is 25.1 Å². The van der Waals surface area contributed by atoms with Gasteiger partial charge in [0, 0.05) is 31.5 Å². The van der Waals surface area contributed by atoms with E-state index in [1.165, 1.54) is 0 Å². The van der Waals surface area contributed by atoms with Crippen molar-refractivity contribution in [3.8, 4) is 0 Å². The van der Waals surface area contributed by atoms with Crippen molar-refractivity contribution in [2.24, 2.45) is 10.9 Å². The van der Waals surface area contributed by atoms with E-state index in [9.17, 15) is 0 Å². The molecule has 1 heterocycles. The highest BCUT2D eigenvalue weighted by molar-refractivity contribution is 5.97. The van der Waals surface area contributed by atoms with Crippen LogP contribution < -0.4 is 10.6 Å². The van der Waals surface area contributed by atoms with E-state index in [4.69, 9.17) is 16.0 Å². The van der Waals surface area contributed by atoms with Gasteiger partial charge in [0.05, 0.1) is 0 Å². The van der Waals surface area contributed by atoms with Gasteiger partial charge in [-0.3, -0.25) is 0 Å². The molecule has 6 heteroatoms. The minimum absolute atomic E-state index is 0.0623. The summed E-state index contributed by atoms with van der Waals surface area (Å²) in [7, 11) is 1.88. The van der Waals surface area contributed by atoms with Crippen molar-refractivity contribution < 1.29 is 10.3 Å². The number of aromatic nitrogens is 1. The topological polar surface area (TPSA) is 95.0 Å². The second kappa shape index (κ2) is 6.05. The first-order valence-corrected chi connectivity index (χ1v) is 5.37. The number of nitrogens with two attached hydrogens (primary N) is 1. The van der Waals surface area contributed by atoms with E-state index in [1.54, 1.807) is 12.1 Å². The monoisotopic (exact) mass is 238 g/mol. The molecule has 0 saturated heterocycles. The number of pyridine rings is 1. The molecule has 0 aliphatic carbocycles. The maximum absolute atomic E-state index is 8.78. The summed E-state index contributed by atoms with van der Waals surface area (Å²) in [4.78, 5) is 6.27. The van der Waals surface area contributed by atoms with Crippen molar-refractivity contribution in [1.82, 2.24) is 4.98 Å². The molecule has 0 radical (unpaired) electrons. The second-order valence-corrected chi connectivity index (χ2v) is 3.84. The Morgan fingerprint density at radius 3 is 2.82 bits per heavy atom. The van der Waals surface area contributed by atoms with Gasteiger partial charge in [0.25, 0.3) is 0 Å². The number of hydrogen-bond acceptors (Lipinski definition) is 5. The highest BCUT2D eigenvalue weighted by Gasteiger charge is 2.07. The third kappa shape index (κ3) is 3.60. The molecule has 0 amide bonds. The fraction of sp³-hybridized carbons (Fsp3) is 0.455. The van der Waals surface area contributed by atoms with Crippen LogP contribution in [-0.4, -0.2) is 41.3 Å². The number of amidine groups is 1. The van der Waals surface area contributed by atoms with Crippen molar-refractivity contribution in [3.05, 3.63) is 23.4 Å². The number of anilines is 1. The zero-order chi connectivity index (χ0) is 12.8. The van der Waals surface area contributed by atoms with Crippen LogP contribution >= 0.6 is 0 Å². The SMILES string of the molecule is Cc1cc(/C(N)=N/O)cc(N(C)CCCO)n1. The van der Waals surface area contributed by atoms with E-state index in [-0.39, 0.29) is 12.4 Å². The van der Waals surface area contributed by atoms with Gasteiger partial charge in [-0.05, 0) is 25.5 Å². The minimum atomic E-state index is 0.0623. The Hall–Kier alpha value is -1.82. The Morgan fingerprint density at radius 2 is 2.24 bits per heavy atom. The number of aryl methyl sites for hydroxylation is 1. The summed E-state index contributed by atoms with van der Waals surface area (Å²) >= 11 is 0. The van der Waals surface area contributed by atoms with Gasteiger partial charge in [0.1, 0.15) is 5.82 Å². The predicted octanol–water partition coefficient (Wildman–Crippen LogP) is 0.303. The van der Waals surface area contributed by atoms with E-state index in [1.807, 2.05) is 18.9 Å². The van der Waals surface area contributed by atoms with Gasteiger partial charge >= 0.3 is 0 Å². The molecule has 1 aromatic rings. The summed E-state index contributed by atoms with van der Waals surface area (Å²) in [5, 5.41) is 20.4. The normalized spacial score (nSPS) is 11.6. The lowest BCUT2D eigenvalue weighted by atomic mass is 10.2. The van der Waals surface area contributed by atoms with Gasteiger partial charge in [-0.25, -0.2) is 4.98 Å². The molecule has 0 aliphatic heterocycles. The van der Waals surface area contributed by atoms with Gasteiger partial charge < -0.3 is 20.9 Å². The number of hydrogen-bond donors (Lipinski definition) is 3. The maximum Gasteiger partial charge on any atom is 0.170 e. The molecule has 4 N–H and O–H groups in total. The van der Waals surface area contributed by atoms with Gasteiger partial charge in [-0.1, -0.05) is 5.16 Å². The lowest BCUT2D eigenvalue weighted by Gasteiger charge is -2.18. The molecule has 1 rings (SSSR count). The van der Waals surface area contributed by atoms with Crippen LogP contribution in [0.5, 0.6) is 0 Å². The molecule has 0 saturated carbocycles. The number of rotatable bonds is 5. The van der Waals surface area contributed by atoms with Crippen LogP contribution in [0.1, 0.15) is 17.7 Å². The predicted molar refractivity (Wildman–Crippen MR) is 66.5 cm³/mol. The second-order valence-electron chi connectivity index (χ2n) is 3.84. The van der Waals surface area contributed by atoms with E-state index >= 15 is 0 Å². The average Bonchev–Trinajstić information content (AvgIpc) is 2.34. The molecule has 0 unspecified atom stereocenters. The maximum atomic E-state index is 8.78. The first-order chi connectivity index (χ1) is 8.08. The van der Waals surface area contributed by atoms with Gasteiger partial charge in [0.2, 0.25) is 0 Å². The summed E-state index contributed by atoms with van der Waals surface area (Å²) < 4.78 is 0. The van der Waals surface area contributed by atoms with Gasteiger partial charge in [0.15, 0.2) is 5.84 Å². The van der Waals surface area contributed by atoms with E-state index in [0.29, 0.717) is 18.5 Å². The van der Waals surface area contributed by atoms with Crippen LogP contribution in [0.15, 0.2) is 17.3 Å². The van der Waals surface area contributed by atoms with Crippen molar-refractivity contribution in [3.63, 3.8) is 0 Å². The number of nitrogens with zero attached hydrogens (tertiary/aromatic N) is 3. The fourth-order valence-electron chi connectivity index (χ4n) is 1.47. The molecule has 0 bridgehead atoms. The summed E-state index contributed by atoms with van der Waals surface area (Å²) in [6, 6.07) is 3.50. The molecule has 0 fully saturated rings. The first kappa shape index (κ1) is 13.2. The van der Waals surface area contributed by atoms with Crippen LogP contribution in [0.25, 0.3) is 0 Å². The first-order valence-electron chi connectivity index (χ1n) is 5.37. The van der Waals surface area contributed by atoms with E-state index in [0.717, 1.165) is 11.5 Å². The lowest BCUT2D eigenvalue weighted by Crippen LogP contribution is -2.22. The molecule has 0 aliphatic rings. The molecule has 0 atom stereocenters. The summed E-state index contributed by atoms with van der Waals surface area (Å²) in [6.45, 7) is 2.68. The molecule has 6 nitrogen and oxygen atoms in total. The Kier molecular flexibility index (Phi) is 4.71. The quantitative estimate of drug-likeness (QED) is 0.297. The van der Waals surface area contributed by atoms with Crippen molar-refractivity contribution in [2.45, 2.75) is 13.3 Å². The van der Waals surface area contributed by atoms with Crippen LogP contribution in [0.3, 0.4) is 0 Å². The van der Waals surface area contributed by atoms with Crippen molar-refractivity contribution in [1.29, 1.82) is 0 Å². The smallest absolute Gasteiger partial charge is 0.170 e. The van der Waals surface area contributed by atoms with Gasteiger partial charge in [-0.2, -0.15) is 0 Å². The Balaban J connectivity index is 2.96. The summed E-state index contributed by atoms with van der Waals surface area (Å²) in [6.07, 6.45) is 0.672. The van der Waals surface area contributed by atoms with E-state index in [2.05, 4.69) is 10.1 Å². The molecule has 0 spiro atoms. The number of oxime groups is 1. The standard InChI is InChI=1S/C11H18N4O2/c1-8-6-9(11(12)14-17)7-10(13-8)15(2)4-3-5-16/h6-7,16-17H,3-5H2,1-2H3,(H2,12,14). The molecule has 0 aromatic carbocycles. The number of aliphatic hydroxyl groups is 1. The highest BCUT2D eigenvalue weighted by Crippen LogP contribution is 2.13. The molecule has 94 valence electrons. The molecular formula is C11H18N4O2. The van der Waals surface area contributed by atoms with E-state index < -0.39 is 0 Å². The molecule has 17 heavy (non-hydrogen) atoms. The highest BCUT2D eigenvalue weighted by atomic mass is 16.4. The number of aliphatic hydroxyl groups excluding tert-OH is 1. The van der Waals surface area contributed by atoms with Crippen LogP contribution in [0.4, 0.5) is 5.82 Å². The fourth-order valence-corrected chi connectivity index (χ4v) is 1.47. The van der Waals surface area contributed by atoms with Crippen molar-refractivity contribution >= 4 is 11.7 Å². The average molecular weight is 238 g/mol. The third-order valence-corrected chi connectivity index (χ3v) is 2.39. The Labute approximate surface area is 100 Å². The lowest BCUT2D eigenvalue weighted by molar-refractivity contribution is 0.290. The minimum Gasteiger partial charge on any atom is -0.409 e. The van der Waals surface area contributed by atoms with Crippen LogP contribution in [0.2, 0.25) is 0 Å². The van der Waals surface area contributed by atoms with Crippen LogP contribution in [0, 0.1) is 6.92 Å². The van der Waals surface area contributed by atoms with Crippen LogP contribution in [-0.2, 0) is 0 Å². The zero-order valence-electron chi connectivity index (χ0n) is 10.1.